The molecule has 0 saturated heterocycles. The van der Waals surface area contributed by atoms with Crippen LogP contribution in [0.2, 0.25) is 10.0 Å². The van der Waals surface area contributed by atoms with Gasteiger partial charge >= 0.3 is 0 Å². The maximum Gasteiger partial charge on any atom is 0.251 e. The number of rotatable bonds is 6. The highest BCUT2D eigenvalue weighted by Crippen LogP contribution is 2.33. The molecule has 7 heteroatoms. The van der Waals surface area contributed by atoms with Gasteiger partial charge in [-0.2, -0.15) is 0 Å². The average Bonchev–Trinajstić information content (AvgIpc) is 3.00. The largest absolute Gasteiger partial charge is 0.494 e. The first-order chi connectivity index (χ1) is 10.9. The van der Waals surface area contributed by atoms with Gasteiger partial charge in [0.15, 0.2) is 5.75 Å². The maximum absolute atomic E-state index is 12.4. The van der Waals surface area contributed by atoms with Crippen molar-refractivity contribution >= 4 is 40.4 Å². The van der Waals surface area contributed by atoms with Gasteiger partial charge in [0, 0.05) is 17.0 Å². The van der Waals surface area contributed by atoms with Crippen molar-refractivity contribution in [3.05, 3.63) is 50.1 Å². The van der Waals surface area contributed by atoms with Crippen LogP contribution in [0, 0.1) is 0 Å². The fourth-order valence-corrected chi connectivity index (χ4v) is 3.76. The summed E-state index contributed by atoms with van der Waals surface area (Å²) in [5.74, 6) is 0.148. The van der Waals surface area contributed by atoms with Gasteiger partial charge in [-0.1, -0.05) is 29.3 Å². The number of hydrogen-bond acceptors (Lipinski definition) is 4. The third-order valence-electron chi connectivity index (χ3n) is 3.42. The van der Waals surface area contributed by atoms with Crippen LogP contribution >= 0.6 is 34.5 Å². The Morgan fingerprint density at radius 3 is 2.48 bits per heavy atom. The van der Waals surface area contributed by atoms with Crippen LogP contribution in [-0.2, 0) is 0 Å². The topological polar surface area (TPSA) is 41.6 Å². The summed E-state index contributed by atoms with van der Waals surface area (Å²) >= 11 is 13.8. The summed E-state index contributed by atoms with van der Waals surface area (Å²) in [5, 5.41) is 5.58. The first-order valence-electron chi connectivity index (χ1n) is 6.95. The standard InChI is InChI=1S/C16H18Cl2N2O2S/c1-20(2)13(14-5-4-6-23-14)9-19-16(21)10-7-11(17)15(22-3)12(18)8-10/h4-8,13H,9H2,1-3H3,(H,19,21). The lowest BCUT2D eigenvalue weighted by atomic mass is 10.1. The van der Waals surface area contributed by atoms with Gasteiger partial charge in [0.05, 0.1) is 23.2 Å². The van der Waals surface area contributed by atoms with E-state index in [9.17, 15) is 4.79 Å². The summed E-state index contributed by atoms with van der Waals surface area (Å²) in [4.78, 5) is 15.6. The van der Waals surface area contributed by atoms with Crippen LogP contribution in [0.25, 0.3) is 0 Å². The Balaban J connectivity index is 2.10. The number of thiophene rings is 1. The van der Waals surface area contributed by atoms with Gasteiger partial charge in [-0.15, -0.1) is 11.3 Å². The van der Waals surface area contributed by atoms with Crippen molar-refractivity contribution in [2.45, 2.75) is 6.04 Å². The molecule has 1 unspecified atom stereocenters. The van der Waals surface area contributed by atoms with Gasteiger partial charge in [0.2, 0.25) is 0 Å². The van der Waals surface area contributed by atoms with Crippen molar-refractivity contribution < 1.29 is 9.53 Å². The molecule has 1 aromatic heterocycles. The predicted molar refractivity (Wildman–Crippen MR) is 96.1 cm³/mol. The van der Waals surface area contributed by atoms with Gasteiger partial charge < -0.3 is 15.0 Å². The summed E-state index contributed by atoms with van der Waals surface area (Å²) in [7, 11) is 5.45. The lowest BCUT2D eigenvalue weighted by molar-refractivity contribution is 0.0942. The number of hydrogen-bond donors (Lipinski definition) is 1. The van der Waals surface area contributed by atoms with Crippen molar-refractivity contribution in [3.8, 4) is 5.75 Å². The predicted octanol–water partition coefficient (Wildman–Crippen LogP) is 4.10. The molecule has 2 rings (SSSR count). The summed E-state index contributed by atoms with van der Waals surface area (Å²) in [6.07, 6.45) is 0. The number of ether oxygens (including phenoxy) is 1. The van der Waals surface area contributed by atoms with E-state index in [2.05, 4.69) is 16.3 Å². The number of benzene rings is 1. The van der Waals surface area contributed by atoms with E-state index in [4.69, 9.17) is 27.9 Å². The zero-order valence-electron chi connectivity index (χ0n) is 13.1. The Labute approximate surface area is 150 Å². The number of methoxy groups -OCH3 is 1. The second-order valence-electron chi connectivity index (χ2n) is 5.18. The van der Waals surface area contributed by atoms with Crippen molar-refractivity contribution in [2.75, 3.05) is 27.7 Å². The van der Waals surface area contributed by atoms with Gasteiger partial charge in [0.25, 0.3) is 5.91 Å². The minimum absolute atomic E-state index is 0.114. The maximum atomic E-state index is 12.4. The Hall–Kier alpha value is -1.27. The zero-order chi connectivity index (χ0) is 17.0. The molecule has 0 saturated carbocycles. The van der Waals surface area contributed by atoms with E-state index in [0.29, 0.717) is 27.9 Å². The fourth-order valence-electron chi connectivity index (χ4n) is 2.20. The average molecular weight is 373 g/mol. The third kappa shape index (κ3) is 4.38. The third-order valence-corrected chi connectivity index (χ3v) is 4.95. The molecule has 1 heterocycles. The quantitative estimate of drug-likeness (QED) is 0.829. The molecule has 0 spiro atoms. The second-order valence-corrected chi connectivity index (χ2v) is 6.97. The molecule has 0 bridgehead atoms. The molecule has 2 aromatic rings. The molecule has 0 aliphatic heterocycles. The first kappa shape index (κ1) is 18.1. The molecule has 124 valence electrons. The first-order valence-corrected chi connectivity index (χ1v) is 8.58. The van der Waals surface area contributed by atoms with Crippen molar-refractivity contribution in [1.29, 1.82) is 0 Å². The van der Waals surface area contributed by atoms with Crippen molar-refractivity contribution in [1.82, 2.24) is 10.2 Å². The van der Waals surface area contributed by atoms with Crippen LogP contribution in [0.4, 0.5) is 0 Å². The number of carbonyl (C=O) groups is 1. The molecule has 4 nitrogen and oxygen atoms in total. The van der Waals surface area contributed by atoms with Gasteiger partial charge in [0.1, 0.15) is 0 Å². The summed E-state index contributed by atoms with van der Waals surface area (Å²) in [5.41, 5.74) is 0.407. The molecular weight excluding hydrogens is 355 g/mol. The highest BCUT2D eigenvalue weighted by Gasteiger charge is 2.18. The van der Waals surface area contributed by atoms with Crippen molar-refractivity contribution in [2.24, 2.45) is 0 Å². The monoisotopic (exact) mass is 372 g/mol. The van der Waals surface area contributed by atoms with Gasteiger partial charge in [-0.3, -0.25) is 4.79 Å². The van der Waals surface area contributed by atoms with Crippen LogP contribution < -0.4 is 10.1 Å². The molecule has 0 radical (unpaired) electrons. The zero-order valence-corrected chi connectivity index (χ0v) is 15.4. The lowest BCUT2D eigenvalue weighted by Crippen LogP contribution is -2.34. The molecule has 23 heavy (non-hydrogen) atoms. The number of amides is 1. The Bertz CT molecular complexity index is 652. The van der Waals surface area contributed by atoms with Crippen LogP contribution in [0.1, 0.15) is 21.3 Å². The lowest BCUT2D eigenvalue weighted by Gasteiger charge is -2.23. The van der Waals surface area contributed by atoms with E-state index in [0.717, 1.165) is 0 Å². The minimum atomic E-state index is -0.222. The van der Waals surface area contributed by atoms with E-state index >= 15 is 0 Å². The molecular formula is C16H18Cl2N2O2S. The molecule has 1 amide bonds. The summed E-state index contributed by atoms with van der Waals surface area (Å²) < 4.78 is 5.09. The Kier molecular flexibility index (Phi) is 6.30. The highest BCUT2D eigenvalue weighted by atomic mass is 35.5. The second kappa shape index (κ2) is 8.02. The molecule has 0 aliphatic rings. The number of nitrogens with one attached hydrogen (secondary N) is 1. The molecule has 1 N–H and O–H groups in total. The van der Waals surface area contributed by atoms with Crippen LogP contribution in [0.3, 0.4) is 0 Å². The van der Waals surface area contributed by atoms with Gasteiger partial charge in [-0.05, 0) is 37.7 Å². The van der Waals surface area contributed by atoms with Crippen LogP contribution in [-0.4, -0.2) is 38.6 Å². The molecule has 1 aromatic carbocycles. The minimum Gasteiger partial charge on any atom is -0.494 e. The van der Waals surface area contributed by atoms with Crippen LogP contribution in [0.15, 0.2) is 29.6 Å². The number of carbonyl (C=O) groups excluding carboxylic acids is 1. The molecule has 0 aliphatic carbocycles. The van der Waals surface area contributed by atoms with E-state index < -0.39 is 0 Å². The number of likely N-dealkylation sites (N-methyl/N-ethyl adjacent to an activating group) is 1. The molecule has 0 fully saturated rings. The van der Waals surface area contributed by atoms with E-state index in [-0.39, 0.29) is 11.9 Å². The van der Waals surface area contributed by atoms with Crippen molar-refractivity contribution in [3.63, 3.8) is 0 Å². The van der Waals surface area contributed by atoms with E-state index in [1.54, 1.807) is 23.5 Å². The van der Waals surface area contributed by atoms with E-state index in [1.807, 2.05) is 25.5 Å². The highest BCUT2D eigenvalue weighted by molar-refractivity contribution is 7.10. The molecule has 1 atom stereocenters. The van der Waals surface area contributed by atoms with Gasteiger partial charge in [-0.25, -0.2) is 0 Å². The smallest absolute Gasteiger partial charge is 0.251 e. The normalized spacial score (nSPS) is 12.3. The SMILES string of the molecule is COc1c(Cl)cc(C(=O)NCC(c2cccs2)N(C)C)cc1Cl. The summed E-state index contributed by atoms with van der Waals surface area (Å²) in [6, 6.07) is 7.28. The number of nitrogens with zero attached hydrogens (tertiary/aromatic N) is 1. The fraction of sp³-hybridized carbons (Fsp3) is 0.312. The van der Waals surface area contributed by atoms with Crippen LogP contribution in [0.5, 0.6) is 5.75 Å². The van der Waals surface area contributed by atoms with E-state index in [1.165, 1.54) is 12.0 Å². The Morgan fingerprint density at radius 1 is 1.35 bits per heavy atom. The Morgan fingerprint density at radius 2 is 2.00 bits per heavy atom. The summed E-state index contributed by atoms with van der Waals surface area (Å²) in [6.45, 7) is 0.494. The number of halogens is 2.